The van der Waals surface area contributed by atoms with E-state index in [0.29, 0.717) is 0 Å². The van der Waals surface area contributed by atoms with E-state index in [9.17, 15) is 0 Å². The number of hydrogen-bond acceptors (Lipinski definition) is 3. The quantitative estimate of drug-likeness (QED) is 0.701. The highest BCUT2D eigenvalue weighted by atomic mass is 32.2. The summed E-state index contributed by atoms with van der Waals surface area (Å²) in [4.78, 5) is 0. The van der Waals surface area contributed by atoms with Crippen LogP contribution >= 0.6 is 11.8 Å². The molecule has 13 heavy (non-hydrogen) atoms. The second-order valence-corrected chi connectivity index (χ2v) is 5.25. The molecule has 76 valence electrons. The predicted octanol–water partition coefficient (Wildman–Crippen LogP) is 1.22. The highest BCUT2D eigenvalue weighted by Gasteiger charge is 2.19. The molecule has 2 aliphatic heterocycles. The van der Waals surface area contributed by atoms with Crippen molar-refractivity contribution in [3.63, 3.8) is 0 Å². The second kappa shape index (κ2) is 5.23. The zero-order chi connectivity index (χ0) is 8.93. The van der Waals surface area contributed by atoms with Crippen LogP contribution in [0.5, 0.6) is 0 Å². The van der Waals surface area contributed by atoms with Gasteiger partial charge >= 0.3 is 0 Å². The predicted molar refractivity (Wildman–Crippen MR) is 59.4 cm³/mol. The molecule has 2 aliphatic rings. The van der Waals surface area contributed by atoms with Crippen molar-refractivity contribution in [3.05, 3.63) is 0 Å². The van der Waals surface area contributed by atoms with E-state index < -0.39 is 0 Å². The summed E-state index contributed by atoms with van der Waals surface area (Å²) in [7, 11) is 0. The molecular weight excluding hydrogens is 180 g/mol. The van der Waals surface area contributed by atoms with Gasteiger partial charge in [0.2, 0.25) is 0 Å². The maximum Gasteiger partial charge on any atom is 0.0161 e. The van der Waals surface area contributed by atoms with Crippen LogP contribution in [0.3, 0.4) is 0 Å². The number of rotatable bonds is 2. The molecule has 2 fully saturated rings. The number of nitrogens with one attached hydrogen (secondary N) is 2. The van der Waals surface area contributed by atoms with Gasteiger partial charge in [-0.15, -0.1) is 0 Å². The molecular formula is C10H20N2S. The smallest absolute Gasteiger partial charge is 0.0161 e. The van der Waals surface area contributed by atoms with E-state index in [1.54, 1.807) is 0 Å². The minimum absolute atomic E-state index is 0.796. The monoisotopic (exact) mass is 200 g/mol. The van der Waals surface area contributed by atoms with E-state index in [4.69, 9.17) is 0 Å². The Hall–Kier alpha value is 0.270. The number of thioether (sulfide) groups is 1. The molecule has 3 heteroatoms. The van der Waals surface area contributed by atoms with Crippen LogP contribution in [0.1, 0.15) is 25.7 Å². The third kappa shape index (κ3) is 3.15. The van der Waals surface area contributed by atoms with Gasteiger partial charge in [0.1, 0.15) is 0 Å². The zero-order valence-electron chi connectivity index (χ0n) is 8.22. The highest BCUT2D eigenvalue weighted by molar-refractivity contribution is 7.99. The normalized spacial score (nSPS) is 31.8. The van der Waals surface area contributed by atoms with Crippen molar-refractivity contribution in [1.29, 1.82) is 0 Å². The van der Waals surface area contributed by atoms with Crippen molar-refractivity contribution in [2.45, 2.75) is 37.8 Å². The number of piperidine rings is 1. The van der Waals surface area contributed by atoms with Crippen molar-refractivity contribution >= 4 is 11.8 Å². The van der Waals surface area contributed by atoms with Gasteiger partial charge in [0.05, 0.1) is 0 Å². The van der Waals surface area contributed by atoms with Crippen LogP contribution in [-0.2, 0) is 0 Å². The van der Waals surface area contributed by atoms with E-state index in [-0.39, 0.29) is 0 Å². The Bertz CT molecular complexity index is 124. The van der Waals surface area contributed by atoms with Crippen LogP contribution < -0.4 is 10.6 Å². The molecule has 0 saturated carbocycles. The fourth-order valence-corrected chi connectivity index (χ4v) is 3.28. The Morgan fingerprint density at radius 3 is 2.62 bits per heavy atom. The fourth-order valence-electron chi connectivity index (χ4n) is 2.19. The van der Waals surface area contributed by atoms with Gasteiger partial charge < -0.3 is 10.6 Å². The molecule has 1 unspecified atom stereocenters. The lowest BCUT2D eigenvalue weighted by Gasteiger charge is -2.30. The summed E-state index contributed by atoms with van der Waals surface area (Å²) in [6.45, 7) is 2.41. The Labute approximate surface area is 85.2 Å². The van der Waals surface area contributed by atoms with E-state index >= 15 is 0 Å². The van der Waals surface area contributed by atoms with Crippen LogP contribution in [-0.4, -0.2) is 36.7 Å². The summed E-state index contributed by atoms with van der Waals surface area (Å²) in [5, 5.41) is 7.20. The first-order valence-corrected chi connectivity index (χ1v) is 6.65. The minimum atomic E-state index is 0.796. The van der Waals surface area contributed by atoms with Gasteiger partial charge in [0, 0.05) is 17.8 Å². The Kier molecular flexibility index (Phi) is 3.94. The summed E-state index contributed by atoms with van der Waals surface area (Å²) < 4.78 is 0. The maximum atomic E-state index is 3.80. The van der Waals surface area contributed by atoms with Crippen LogP contribution in [0.4, 0.5) is 0 Å². The SMILES string of the molecule is C1CSCC(NC2CCNCC2)C1. The number of hydrogen-bond donors (Lipinski definition) is 2. The first-order chi connectivity index (χ1) is 6.45. The molecule has 0 bridgehead atoms. The molecule has 2 nitrogen and oxygen atoms in total. The molecule has 0 aliphatic carbocycles. The molecule has 2 saturated heterocycles. The summed E-state index contributed by atoms with van der Waals surface area (Å²) in [6.07, 6.45) is 5.45. The molecule has 2 rings (SSSR count). The second-order valence-electron chi connectivity index (χ2n) is 4.11. The first-order valence-electron chi connectivity index (χ1n) is 5.49. The van der Waals surface area contributed by atoms with Gasteiger partial charge in [0.15, 0.2) is 0 Å². The van der Waals surface area contributed by atoms with E-state index in [1.165, 1.54) is 50.3 Å². The van der Waals surface area contributed by atoms with Crippen LogP contribution in [0, 0.1) is 0 Å². The third-order valence-corrected chi connectivity index (χ3v) is 4.19. The average molecular weight is 200 g/mol. The summed E-state index contributed by atoms with van der Waals surface area (Å²) in [6, 6.07) is 1.60. The third-order valence-electron chi connectivity index (χ3n) is 2.97. The lowest BCUT2D eigenvalue weighted by atomic mass is 10.0. The van der Waals surface area contributed by atoms with Gasteiger partial charge in [-0.25, -0.2) is 0 Å². The lowest BCUT2D eigenvalue weighted by Crippen LogP contribution is -2.46. The Morgan fingerprint density at radius 2 is 1.92 bits per heavy atom. The minimum Gasteiger partial charge on any atom is -0.317 e. The van der Waals surface area contributed by atoms with Gasteiger partial charge in [-0.05, 0) is 44.5 Å². The molecule has 0 aromatic heterocycles. The molecule has 1 atom stereocenters. The van der Waals surface area contributed by atoms with Crippen molar-refractivity contribution < 1.29 is 0 Å². The summed E-state index contributed by atoms with van der Waals surface area (Å²) in [5.41, 5.74) is 0. The van der Waals surface area contributed by atoms with Crippen LogP contribution in [0.15, 0.2) is 0 Å². The summed E-state index contributed by atoms with van der Waals surface area (Å²) >= 11 is 2.11. The summed E-state index contributed by atoms with van der Waals surface area (Å²) in [5.74, 6) is 2.72. The van der Waals surface area contributed by atoms with E-state index in [2.05, 4.69) is 22.4 Å². The van der Waals surface area contributed by atoms with Crippen molar-refractivity contribution in [3.8, 4) is 0 Å². The van der Waals surface area contributed by atoms with Crippen molar-refractivity contribution in [2.24, 2.45) is 0 Å². The molecule has 0 radical (unpaired) electrons. The molecule has 0 spiro atoms. The highest BCUT2D eigenvalue weighted by Crippen LogP contribution is 2.18. The molecule has 2 N–H and O–H groups in total. The fraction of sp³-hybridized carbons (Fsp3) is 1.00. The average Bonchev–Trinajstić information content (AvgIpc) is 2.21. The van der Waals surface area contributed by atoms with Crippen LogP contribution in [0.25, 0.3) is 0 Å². The van der Waals surface area contributed by atoms with Gasteiger partial charge in [-0.2, -0.15) is 11.8 Å². The Morgan fingerprint density at radius 1 is 1.08 bits per heavy atom. The first kappa shape index (κ1) is 9.81. The van der Waals surface area contributed by atoms with E-state index in [0.717, 1.165) is 12.1 Å². The van der Waals surface area contributed by atoms with Gasteiger partial charge in [0.25, 0.3) is 0 Å². The molecule has 0 aromatic carbocycles. The molecule has 2 heterocycles. The van der Waals surface area contributed by atoms with Gasteiger partial charge in [-0.3, -0.25) is 0 Å². The maximum absolute atomic E-state index is 3.80. The Balaban J connectivity index is 1.69. The van der Waals surface area contributed by atoms with Crippen LogP contribution in [0.2, 0.25) is 0 Å². The molecule has 0 aromatic rings. The lowest BCUT2D eigenvalue weighted by molar-refractivity contribution is 0.347. The zero-order valence-corrected chi connectivity index (χ0v) is 9.04. The van der Waals surface area contributed by atoms with Gasteiger partial charge in [-0.1, -0.05) is 0 Å². The topological polar surface area (TPSA) is 24.1 Å². The van der Waals surface area contributed by atoms with E-state index in [1.807, 2.05) is 0 Å². The largest absolute Gasteiger partial charge is 0.317 e. The standard InChI is InChI=1S/C10H20N2S/c1-2-10(8-13-7-1)12-9-3-5-11-6-4-9/h9-12H,1-8H2. The van der Waals surface area contributed by atoms with Crippen molar-refractivity contribution in [2.75, 3.05) is 24.6 Å². The van der Waals surface area contributed by atoms with Crippen molar-refractivity contribution in [1.82, 2.24) is 10.6 Å². The molecule has 0 amide bonds.